The monoisotopic (exact) mass is 413 g/mol. The van der Waals surface area contributed by atoms with E-state index in [-0.39, 0.29) is 5.78 Å². The molecule has 0 aliphatic carbocycles. The van der Waals surface area contributed by atoms with Crippen LogP contribution in [0.2, 0.25) is 0 Å². The molecule has 29 heavy (non-hydrogen) atoms. The molecule has 0 saturated heterocycles. The third-order valence-corrected chi connectivity index (χ3v) is 5.78. The Bertz CT molecular complexity index is 1040. The van der Waals surface area contributed by atoms with E-state index in [2.05, 4.69) is 20.2 Å². The minimum absolute atomic E-state index is 0.109. The Morgan fingerprint density at radius 1 is 1.24 bits per heavy atom. The fourth-order valence-electron chi connectivity index (χ4n) is 3.20. The number of esters is 1. The first kappa shape index (κ1) is 20.8. The van der Waals surface area contributed by atoms with Crippen LogP contribution >= 0.6 is 11.8 Å². The Morgan fingerprint density at radius 2 is 1.93 bits per heavy atom. The zero-order chi connectivity index (χ0) is 21.1. The lowest BCUT2D eigenvalue weighted by molar-refractivity contribution is 0.0599. The van der Waals surface area contributed by atoms with E-state index in [0.29, 0.717) is 34.2 Å². The zero-order valence-electron chi connectivity index (χ0n) is 17.0. The van der Waals surface area contributed by atoms with E-state index in [1.165, 1.54) is 18.9 Å². The van der Waals surface area contributed by atoms with Crippen LogP contribution in [0.25, 0.3) is 11.4 Å². The second kappa shape index (κ2) is 8.60. The highest BCUT2D eigenvalue weighted by Crippen LogP contribution is 2.29. The number of thioether (sulfide) groups is 1. The Hall–Kier alpha value is -2.94. The fraction of sp³-hybridized carbons (Fsp3) is 0.350. The molecule has 1 N–H and O–H groups in total. The minimum Gasteiger partial charge on any atom is -0.465 e. The molecule has 8 nitrogen and oxygen atoms in total. The van der Waals surface area contributed by atoms with Crippen molar-refractivity contribution in [3.63, 3.8) is 0 Å². The first-order chi connectivity index (χ1) is 13.9. The predicted molar refractivity (Wildman–Crippen MR) is 110 cm³/mol. The summed E-state index contributed by atoms with van der Waals surface area (Å²) in [4.78, 5) is 32.1. The molecule has 3 aromatic heterocycles. The molecule has 152 valence electrons. The van der Waals surface area contributed by atoms with Gasteiger partial charge in [-0.2, -0.15) is 0 Å². The van der Waals surface area contributed by atoms with E-state index < -0.39 is 11.2 Å². The molecule has 1 atom stereocenters. The number of aromatic nitrogens is 5. The number of nitrogens with zero attached hydrogens (tertiary/aromatic N) is 4. The van der Waals surface area contributed by atoms with E-state index in [4.69, 9.17) is 4.74 Å². The number of ether oxygens (including phenoxy) is 1. The van der Waals surface area contributed by atoms with Gasteiger partial charge < -0.3 is 14.3 Å². The van der Waals surface area contributed by atoms with Gasteiger partial charge in [0, 0.05) is 30.2 Å². The first-order valence-electron chi connectivity index (χ1n) is 9.20. The lowest BCUT2D eigenvalue weighted by Crippen LogP contribution is -2.16. The SMILES string of the molecule is CCn1c(S[C@@H](C)C(=O)c2[nH]c(C)c(C(=O)OC)c2C)nnc1-c1ccncc1. The number of H-pyrrole nitrogens is 1. The van der Waals surface area contributed by atoms with Gasteiger partial charge in [0.1, 0.15) is 0 Å². The minimum atomic E-state index is -0.455. The Kier molecular flexibility index (Phi) is 6.17. The number of methoxy groups -OCH3 is 1. The second-order valence-electron chi connectivity index (χ2n) is 6.53. The number of carbonyl (C=O) groups excluding carboxylic acids is 2. The highest BCUT2D eigenvalue weighted by Gasteiger charge is 2.27. The van der Waals surface area contributed by atoms with Crippen molar-refractivity contribution in [3.05, 3.63) is 47.0 Å². The van der Waals surface area contributed by atoms with Crippen LogP contribution in [0.15, 0.2) is 29.7 Å². The van der Waals surface area contributed by atoms with Crippen LogP contribution < -0.4 is 0 Å². The summed E-state index contributed by atoms with van der Waals surface area (Å²) in [6.07, 6.45) is 3.41. The average molecular weight is 414 g/mol. The number of ketones is 1. The van der Waals surface area contributed by atoms with E-state index in [1.54, 1.807) is 26.2 Å². The fourth-order valence-corrected chi connectivity index (χ4v) is 4.17. The van der Waals surface area contributed by atoms with E-state index in [9.17, 15) is 9.59 Å². The number of carbonyl (C=O) groups is 2. The molecule has 0 aromatic carbocycles. The number of rotatable bonds is 7. The summed E-state index contributed by atoms with van der Waals surface area (Å²) in [6, 6.07) is 3.75. The standard InChI is InChI=1S/C20H23N5O3S/c1-6-25-18(14-7-9-21-10-8-14)23-24-20(25)29-13(4)17(26)16-11(2)15(12(3)22-16)19(27)28-5/h7-10,13,22H,6H2,1-5H3/t13-/m0/s1. The summed E-state index contributed by atoms with van der Waals surface area (Å²) in [5.41, 5.74) is 2.95. The third-order valence-electron chi connectivity index (χ3n) is 4.70. The number of nitrogens with one attached hydrogen (secondary N) is 1. The summed E-state index contributed by atoms with van der Waals surface area (Å²) in [7, 11) is 1.33. The maximum atomic E-state index is 13.1. The quantitative estimate of drug-likeness (QED) is 0.359. The number of pyridine rings is 1. The van der Waals surface area contributed by atoms with Crippen molar-refractivity contribution in [3.8, 4) is 11.4 Å². The Labute approximate surface area is 173 Å². The van der Waals surface area contributed by atoms with E-state index >= 15 is 0 Å². The normalized spacial score (nSPS) is 12.0. The van der Waals surface area contributed by atoms with Crippen LogP contribution in [0.5, 0.6) is 0 Å². The lowest BCUT2D eigenvalue weighted by atomic mass is 10.1. The van der Waals surface area contributed by atoms with Crippen molar-refractivity contribution in [2.24, 2.45) is 0 Å². The summed E-state index contributed by atoms with van der Waals surface area (Å²) in [6.45, 7) is 7.99. The largest absolute Gasteiger partial charge is 0.465 e. The molecular formula is C20H23N5O3S. The number of Topliss-reactive ketones (excluding diaryl/α,β-unsaturated/α-hetero) is 1. The molecule has 0 bridgehead atoms. The van der Waals surface area contributed by atoms with Gasteiger partial charge in [0.15, 0.2) is 16.8 Å². The van der Waals surface area contributed by atoms with Crippen LogP contribution in [0.3, 0.4) is 0 Å². The second-order valence-corrected chi connectivity index (χ2v) is 7.84. The maximum absolute atomic E-state index is 13.1. The molecular weight excluding hydrogens is 390 g/mol. The van der Waals surface area contributed by atoms with Gasteiger partial charge >= 0.3 is 5.97 Å². The Morgan fingerprint density at radius 3 is 2.55 bits per heavy atom. The van der Waals surface area contributed by atoms with Crippen LogP contribution in [0.1, 0.15) is 46.0 Å². The molecule has 0 radical (unpaired) electrons. The number of aromatic amines is 1. The van der Waals surface area contributed by atoms with Crippen molar-refractivity contribution in [1.29, 1.82) is 0 Å². The number of hydrogen-bond donors (Lipinski definition) is 1. The van der Waals surface area contributed by atoms with E-state index in [1.807, 2.05) is 30.5 Å². The zero-order valence-corrected chi connectivity index (χ0v) is 17.8. The van der Waals surface area contributed by atoms with Crippen molar-refractivity contribution in [2.75, 3.05) is 7.11 Å². The van der Waals surface area contributed by atoms with Crippen LogP contribution in [0.4, 0.5) is 0 Å². The van der Waals surface area contributed by atoms with E-state index in [0.717, 1.165) is 11.4 Å². The topological polar surface area (TPSA) is 103 Å². The van der Waals surface area contributed by atoms with Crippen LogP contribution in [-0.2, 0) is 11.3 Å². The average Bonchev–Trinajstić information content (AvgIpc) is 3.27. The molecule has 3 aromatic rings. The Balaban J connectivity index is 1.86. The molecule has 0 fully saturated rings. The smallest absolute Gasteiger partial charge is 0.339 e. The van der Waals surface area contributed by atoms with Gasteiger partial charge in [-0.15, -0.1) is 10.2 Å². The summed E-state index contributed by atoms with van der Waals surface area (Å²) >= 11 is 1.34. The van der Waals surface area contributed by atoms with Gasteiger partial charge in [0.2, 0.25) is 0 Å². The molecule has 0 aliphatic heterocycles. The molecule has 0 saturated carbocycles. The molecule has 3 heterocycles. The van der Waals surface area contributed by atoms with Crippen molar-refractivity contribution in [1.82, 2.24) is 24.7 Å². The van der Waals surface area contributed by atoms with Gasteiger partial charge in [-0.3, -0.25) is 9.78 Å². The molecule has 0 spiro atoms. The van der Waals surface area contributed by atoms with Crippen molar-refractivity contribution in [2.45, 2.75) is 44.6 Å². The lowest BCUT2D eigenvalue weighted by Gasteiger charge is -2.11. The summed E-state index contributed by atoms with van der Waals surface area (Å²) in [5, 5.41) is 8.82. The summed E-state index contributed by atoms with van der Waals surface area (Å²) < 4.78 is 6.79. The molecule has 0 unspecified atom stereocenters. The highest BCUT2D eigenvalue weighted by molar-refractivity contribution is 8.00. The van der Waals surface area contributed by atoms with Crippen LogP contribution in [-0.4, -0.2) is 48.8 Å². The molecule has 0 aliphatic rings. The molecule has 3 rings (SSSR count). The third kappa shape index (κ3) is 3.95. The first-order valence-corrected chi connectivity index (χ1v) is 10.1. The van der Waals surface area contributed by atoms with Gasteiger partial charge in [-0.05, 0) is 45.4 Å². The maximum Gasteiger partial charge on any atom is 0.339 e. The number of hydrogen-bond acceptors (Lipinski definition) is 7. The highest BCUT2D eigenvalue weighted by atomic mass is 32.2. The molecule has 0 amide bonds. The predicted octanol–water partition coefficient (Wildman–Crippen LogP) is 3.46. The molecule has 9 heteroatoms. The van der Waals surface area contributed by atoms with Gasteiger partial charge in [0.25, 0.3) is 0 Å². The van der Waals surface area contributed by atoms with Gasteiger partial charge in [0.05, 0.1) is 23.6 Å². The van der Waals surface area contributed by atoms with Gasteiger partial charge in [-0.1, -0.05) is 11.8 Å². The van der Waals surface area contributed by atoms with Crippen molar-refractivity contribution >= 4 is 23.5 Å². The van der Waals surface area contributed by atoms with Crippen LogP contribution in [0, 0.1) is 13.8 Å². The number of aryl methyl sites for hydroxylation is 1. The summed E-state index contributed by atoms with van der Waals surface area (Å²) in [5.74, 6) is 0.169. The van der Waals surface area contributed by atoms with Crippen molar-refractivity contribution < 1.29 is 14.3 Å². The van der Waals surface area contributed by atoms with Gasteiger partial charge in [-0.25, -0.2) is 4.79 Å².